The van der Waals surface area contributed by atoms with E-state index in [4.69, 9.17) is 9.47 Å². The van der Waals surface area contributed by atoms with Gasteiger partial charge < -0.3 is 14.4 Å². The fourth-order valence-corrected chi connectivity index (χ4v) is 3.28. The number of hydrogen-bond acceptors (Lipinski definition) is 5. The molecule has 0 aliphatic rings. The van der Waals surface area contributed by atoms with Crippen LogP contribution in [-0.4, -0.2) is 37.9 Å². The van der Waals surface area contributed by atoms with E-state index in [9.17, 15) is 9.59 Å². The topological polar surface area (TPSA) is 55.8 Å². The van der Waals surface area contributed by atoms with Crippen LogP contribution in [0.1, 0.15) is 33.0 Å². The molecule has 6 heteroatoms. The molecule has 0 aliphatic carbocycles. The molecule has 0 fully saturated rings. The van der Waals surface area contributed by atoms with Crippen LogP contribution in [0.5, 0.6) is 11.5 Å². The van der Waals surface area contributed by atoms with Crippen molar-refractivity contribution in [3.8, 4) is 11.5 Å². The summed E-state index contributed by atoms with van der Waals surface area (Å²) in [7, 11) is 4.91. The Bertz CT molecular complexity index is 754. The van der Waals surface area contributed by atoms with Crippen LogP contribution in [0, 0.1) is 6.92 Å². The van der Waals surface area contributed by atoms with Gasteiger partial charge in [0.1, 0.15) is 11.5 Å². The average Bonchev–Trinajstić information content (AvgIpc) is 3.06. The summed E-state index contributed by atoms with van der Waals surface area (Å²) < 4.78 is 10.5. The van der Waals surface area contributed by atoms with Crippen LogP contribution in [0.2, 0.25) is 0 Å². The molecule has 1 aromatic heterocycles. The fourth-order valence-electron chi connectivity index (χ4n) is 2.45. The number of ether oxygens (including phenoxy) is 2. The highest BCUT2D eigenvalue weighted by molar-refractivity contribution is 7.14. The lowest BCUT2D eigenvalue weighted by molar-refractivity contribution is -0.130. The van der Waals surface area contributed by atoms with Crippen molar-refractivity contribution in [1.82, 2.24) is 4.90 Å². The SMILES string of the molecule is COc1ccc(CN(C)C(=O)CCC(=O)c2ccc(C)s2)c(OC)c1. The maximum atomic E-state index is 12.3. The zero-order chi connectivity index (χ0) is 18.4. The van der Waals surface area contributed by atoms with Gasteiger partial charge in [-0.15, -0.1) is 11.3 Å². The largest absolute Gasteiger partial charge is 0.497 e. The first-order valence-electron chi connectivity index (χ1n) is 7.99. The first-order valence-corrected chi connectivity index (χ1v) is 8.80. The van der Waals surface area contributed by atoms with Crippen LogP contribution in [0.3, 0.4) is 0 Å². The van der Waals surface area contributed by atoms with Gasteiger partial charge in [-0.2, -0.15) is 0 Å². The molecule has 0 saturated heterocycles. The molecule has 25 heavy (non-hydrogen) atoms. The van der Waals surface area contributed by atoms with Gasteiger partial charge in [0, 0.05) is 42.9 Å². The highest BCUT2D eigenvalue weighted by Crippen LogP contribution is 2.25. The third-order valence-electron chi connectivity index (χ3n) is 3.91. The number of nitrogens with zero attached hydrogens (tertiary/aromatic N) is 1. The number of rotatable bonds is 8. The highest BCUT2D eigenvalue weighted by atomic mass is 32.1. The second kappa shape index (κ2) is 8.67. The molecule has 0 radical (unpaired) electrons. The predicted molar refractivity (Wildman–Crippen MR) is 98.6 cm³/mol. The summed E-state index contributed by atoms with van der Waals surface area (Å²) in [4.78, 5) is 27.9. The summed E-state index contributed by atoms with van der Waals surface area (Å²) in [6.07, 6.45) is 0.424. The molecule has 0 atom stereocenters. The third kappa shape index (κ3) is 5.06. The van der Waals surface area contributed by atoms with Crippen molar-refractivity contribution in [3.63, 3.8) is 0 Å². The number of benzene rings is 1. The summed E-state index contributed by atoms with van der Waals surface area (Å²) in [6, 6.07) is 9.23. The van der Waals surface area contributed by atoms with Crippen LogP contribution in [0.4, 0.5) is 0 Å². The van der Waals surface area contributed by atoms with Gasteiger partial charge in [-0.25, -0.2) is 0 Å². The molecule has 134 valence electrons. The number of ketones is 1. The summed E-state index contributed by atoms with van der Waals surface area (Å²) in [5.74, 6) is 1.32. The zero-order valence-electron chi connectivity index (χ0n) is 15.0. The summed E-state index contributed by atoms with van der Waals surface area (Å²) in [6.45, 7) is 2.38. The van der Waals surface area contributed by atoms with Crippen molar-refractivity contribution in [3.05, 3.63) is 45.6 Å². The number of hydrogen-bond donors (Lipinski definition) is 0. The Morgan fingerprint density at radius 2 is 1.84 bits per heavy atom. The first kappa shape index (κ1) is 19.0. The van der Waals surface area contributed by atoms with Crippen molar-refractivity contribution >= 4 is 23.0 Å². The second-order valence-electron chi connectivity index (χ2n) is 5.76. The summed E-state index contributed by atoms with van der Waals surface area (Å²) in [5.41, 5.74) is 0.888. The minimum Gasteiger partial charge on any atom is -0.497 e. The molecular formula is C19H23NO4S. The first-order chi connectivity index (χ1) is 11.9. The average molecular weight is 361 g/mol. The minimum atomic E-state index is -0.0699. The van der Waals surface area contributed by atoms with Crippen molar-refractivity contribution in [2.45, 2.75) is 26.3 Å². The second-order valence-corrected chi connectivity index (χ2v) is 7.05. The molecule has 0 aliphatic heterocycles. The van der Waals surface area contributed by atoms with Crippen molar-refractivity contribution in [2.24, 2.45) is 0 Å². The van der Waals surface area contributed by atoms with Crippen LogP contribution < -0.4 is 9.47 Å². The molecule has 2 rings (SSSR count). The molecular weight excluding hydrogens is 338 g/mol. The molecule has 0 bridgehead atoms. The Labute approximate surface area is 152 Å². The van der Waals surface area contributed by atoms with Gasteiger partial charge in [-0.3, -0.25) is 9.59 Å². The number of methoxy groups -OCH3 is 2. The van der Waals surface area contributed by atoms with Crippen LogP contribution in [-0.2, 0) is 11.3 Å². The van der Waals surface area contributed by atoms with Crippen LogP contribution >= 0.6 is 11.3 Å². The fraction of sp³-hybridized carbons (Fsp3) is 0.368. The molecule has 1 aromatic carbocycles. The number of Topliss-reactive ketones (excluding diaryl/α,β-unsaturated/α-hetero) is 1. The molecule has 0 spiro atoms. The van der Waals surface area contributed by atoms with E-state index in [1.54, 1.807) is 32.2 Å². The molecule has 0 saturated carbocycles. The van der Waals surface area contributed by atoms with Gasteiger partial charge in [0.05, 0.1) is 19.1 Å². The predicted octanol–water partition coefficient (Wildman–Crippen LogP) is 3.70. The number of amides is 1. The van der Waals surface area contributed by atoms with Crippen molar-refractivity contribution < 1.29 is 19.1 Å². The molecule has 1 heterocycles. The van der Waals surface area contributed by atoms with Crippen molar-refractivity contribution in [2.75, 3.05) is 21.3 Å². The van der Waals surface area contributed by atoms with Gasteiger partial charge >= 0.3 is 0 Å². The van der Waals surface area contributed by atoms with E-state index in [0.717, 1.165) is 10.4 Å². The normalized spacial score (nSPS) is 10.4. The van der Waals surface area contributed by atoms with Crippen molar-refractivity contribution in [1.29, 1.82) is 0 Å². The molecule has 1 amide bonds. The molecule has 0 unspecified atom stereocenters. The highest BCUT2D eigenvalue weighted by Gasteiger charge is 2.16. The molecule has 5 nitrogen and oxygen atoms in total. The molecule has 2 aromatic rings. The van der Waals surface area contributed by atoms with E-state index in [-0.39, 0.29) is 24.5 Å². The van der Waals surface area contributed by atoms with Gasteiger partial charge in [0.15, 0.2) is 5.78 Å². The lowest BCUT2D eigenvalue weighted by Crippen LogP contribution is -2.26. The number of thiophene rings is 1. The lowest BCUT2D eigenvalue weighted by Gasteiger charge is -2.19. The maximum Gasteiger partial charge on any atom is 0.223 e. The number of aryl methyl sites for hydroxylation is 1. The Balaban J connectivity index is 1.93. The van der Waals surface area contributed by atoms with Gasteiger partial charge in [0.25, 0.3) is 0 Å². The monoisotopic (exact) mass is 361 g/mol. The van der Waals surface area contributed by atoms with E-state index in [0.29, 0.717) is 22.9 Å². The lowest BCUT2D eigenvalue weighted by atomic mass is 10.1. The zero-order valence-corrected chi connectivity index (χ0v) is 15.8. The minimum absolute atomic E-state index is 0.0156. The quantitative estimate of drug-likeness (QED) is 0.673. The summed E-state index contributed by atoms with van der Waals surface area (Å²) in [5, 5.41) is 0. The Morgan fingerprint density at radius 3 is 2.44 bits per heavy atom. The Kier molecular flexibility index (Phi) is 6.58. The maximum absolute atomic E-state index is 12.3. The van der Waals surface area contributed by atoms with E-state index in [1.165, 1.54) is 11.3 Å². The third-order valence-corrected chi connectivity index (χ3v) is 4.95. The van der Waals surface area contributed by atoms with Crippen LogP contribution in [0.15, 0.2) is 30.3 Å². The molecule has 0 N–H and O–H groups in total. The van der Waals surface area contributed by atoms with Gasteiger partial charge in [-0.05, 0) is 31.2 Å². The number of carbonyl (C=O) groups is 2. The standard InChI is InChI=1S/C19H23NO4S/c1-13-5-9-18(25-13)16(21)8-10-19(22)20(2)12-14-6-7-15(23-3)11-17(14)24-4/h5-7,9,11H,8,10,12H2,1-4H3. The summed E-state index contributed by atoms with van der Waals surface area (Å²) >= 11 is 1.46. The van der Waals surface area contributed by atoms with Crippen LogP contribution in [0.25, 0.3) is 0 Å². The number of carbonyl (C=O) groups excluding carboxylic acids is 2. The van der Waals surface area contributed by atoms with Gasteiger partial charge in [0.2, 0.25) is 5.91 Å². The van der Waals surface area contributed by atoms with E-state index < -0.39 is 0 Å². The smallest absolute Gasteiger partial charge is 0.223 e. The van der Waals surface area contributed by atoms with E-state index in [2.05, 4.69) is 0 Å². The Hall–Kier alpha value is -2.34. The Morgan fingerprint density at radius 1 is 1.08 bits per heavy atom. The van der Waals surface area contributed by atoms with E-state index in [1.807, 2.05) is 31.2 Å². The van der Waals surface area contributed by atoms with Gasteiger partial charge in [-0.1, -0.05) is 0 Å². The van der Waals surface area contributed by atoms with E-state index >= 15 is 0 Å².